The lowest BCUT2D eigenvalue weighted by Crippen LogP contribution is -2.30. The van der Waals surface area contributed by atoms with E-state index in [1.165, 1.54) is 23.1 Å². The summed E-state index contributed by atoms with van der Waals surface area (Å²) in [5.74, 6) is 0.0188. The van der Waals surface area contributed by atoms with Crippen LogP contribution in [0.2, 0.25) is 0 Å². The third kappa shape index (κ3) is 4.21. The minimum atomic E-state index is -0.174. The van der Waals surface area contributed by atoms with Crippen molar-refractivity contribution < 1.29 is 4.79 Å². The number of carbonyl (C=O) groups excluding carboxylic acids is 1. The molecule has 1 atom stereocenters. The zero-order chi connectivity index (χ0) is 14.4. The molecule has 0 aliphatic rings. The Labute approximate surface area is 126 Å². The van der Waals surface area contributed by atoms with Crippen LogP contribution in [0.5, 0.6) is 0 Å². The smallest absolute Gasteiger partial charge is 0.233 e. The summed E-state index contributed by atoms with van der Waals surface area (Å²) in [7, 11) is 0. The number of thioether (sulfide) groups is 1. The van der Waals surface area contributed by atoms with Crippen LogP contribution in [0.15, 0.2) is 34.7 Å². The van der Waals surface area contributed by atoms with E-state index in [9.17, 15) is 4.79 Å². The third-order valence-corrected chi connectivity index (χ3v) is 4.45. The van der Waals surface area contributed by atoms with Gasteiger partial charge in [-0.05, 0) is 26.0 Å². The van der Waals surface area contributed by atoms with Gasteiger partial charge in [0.25, 0.3) is 0 Å². The molecule has 20 heavy (non-hydrogen) atoms. The van der Waals surface area contributed by atoms with Crippen LogP contribution in [0.4, 0.5) is 10.8 Å². The van der Waals surface area contributed by atoms with Crippen LogP contribution >= 0.6 is 23.1 Å². The maximum Gasteiger partial charge on any atom is 0.233 e. The second kappa shape index (κ2) is 7.25. The largest absolute Gasteiger partial charge is 0.355 e. The van der Waals surface area contributed by atoms with Crippen molar-refractivity contribution in [2.45, 2.75) is 23.4 Å². The predicted molar refractivity (Wildman–Crippen MR) is 83.6 cm³/mol. The monoisotopic (exact) mass is 308 g/mol. The van der Waals surface area contributed by atoms with Crippen molar-refractivity contribution in [3.8, 4) is 0 Å². The van der Waals surface area contributed by atoms with E-state index < -0.39 is 0 Å². The van der Waals surface area contributed by atoms with Gasteiger partial charge in [-0.2, -0.15) is 0 Å². The normalized spacial score (nSPS) is 11.9. The van der Waals surface area contributed by atoms with Crippen molar-refractivity contribution in [1.29, 1.82) is 0 Å². The molecule has 0 saturated carbocycles. The lowest BCUT2D eigenvalue weighted by atomic mass is 10.3. The average molecular weight is 308 g/mol. The number of amides is 1. The summed E-state index contributed by atoms with van der Waals surface area (Å²) in [4.78, 5) is 11.7. The number of anilines is 2. The molecule has 0 unspecified atom stereocenters. The van der Waals surface area contributed by atoms with Gasteiger partial charge in [0.2, 0.25) is 11.0 Å². The van der Waals surface area contributed by atoms with E-state index in [0.717, 1.165) is 15.2 Å². The van der Waals surface area contributed by atoms with Crippen molar-refractivity contribution in [3.05, 3.63) is 30.3 Å². The first-order chi connectivity index (χ1) is 9.69. The molecule has 1 amide bonds. The summed E-state index contributed by atoms with van der Waals surface area (Å²) in [6.07, 6.45) is 0. The summed E-state index contributed by atoms with van der Waals surface area (Å²) >= 11 is 2.86. The average Bonchev–Trinajstić information content (AvgIpc) is 2.87. The summed E-state index contributed by atoms with van der Waals surface area (Å²) in [5.41, 5.74) is 0.969. The van der Waals surface area contributed by atoms with Crippen LogP contribution in [0.25, 0.3) is 0 Å². The Morgan fingerprint density at radius 2 is 2.10 bits per heavy atom. The highest BCUT2D eigenvalue weighted by atomic mass is 32.2. The van der Waals surface area contributed by atoms with Crippen LogP contribution < -0.4 is 10.6 Å². The summed E-state index contributed by atoms with van der Waals surface area (Å²) in [6.45, 7) is 4.41. The quantitative estimate of drug-likeness (QED) is 0.803. The number of rotatable bonds is 6. The van der Waals surface area contributed by atoms with Gasteiger partial charge in [-0.1, -0.05) is 41.3 Å². The number of nitrogens with one attached hydrogen (secondary N) is 2. The van der Waals surface area contributed by atoms with Crippen molar-refractivity contribution in [2.75, 3.05) is 11.9 Å². The number of para-hydroxylation sites is 1. The first-order valence-electron chi connectivity index (χ1n) is 6.29. The molecule has 1 aromatic heterocycles. The number of aromatic nitrogens is 2. The second-order valence-corrected chi connectivity index (χ2v) is 6.58. The SMILES string of the molecule is CCNC(=O)[C@H](C)Sc1nnc(Nc2ccccc2)s1. The van der Waals surface area contributed by atoms with Gasteiger partial charge in [-0.25, -0.2) is 0 Å². The van der Waals surface area contributed by atoms with E-state index in [0.29, 0.717) is 6.54 Å². The van der Waals surface area contributed by atoms with E-state index in [4.69, 9.17) is 0 Å². The molecular formula is C13H16N4OS2. The maximum absolute atomic E-state index is 11.7. The van der Waals surface area contributed by atoms with Gasteiger partial charge in [0.1, 0.15) is 0 Å². The number of carbonyl (C=O) groups is 1. The Balaban J connectivity index is 1.94. The van der Waals surface area contributed by atoms with Gasteiger partial charge >= 0.3 is 0 Å². The Hall–Kier alpha value is -1.60. The third-order valence-electron chi connectivity index (χ3n) is 2.43. The molecular weight excluding hydrogens is 292 g/mol. The fourth-order valence-electron chi connectivity index (χ4n) is 1.48. The molecule has 1 heterocycles. The Morgan fingerprint density at radius 1 is 1.35 bits per heavy atom. The van der Waals surface area contributed by atoms with Gasteiger partial charge in [0, 0.05) is 12.2 Å². The topological polar surface area (TPSA) is 66.9 Å². The highest BCUT2D eigenvalue weighted by Crippen LogP contribution is 2.30. The highest BCUT2D eigenvalue weighted by molar-refractivity contribution is 8.02. The van der Waals surface area contributed by atoms with E-state index in [1.807, 2.05) is 44.2 Å². The molecule has 0 aliphatic carbocycles. The molecule has 2 N–H and O–H groups in total. The molecule has 0 bridgehead atoms. The van der Waals surface area contributed by atoms with Gasteiger partial charge in [0.15, 0.2) is 4.34 Å². The Morgan fingerprint density at radius 3 is 2.80 bits per heavy atom. The maximum atomic E-state index is 11.7. The number of hydrogen-bond donors (Lipinski definition) is 2. The van der Waals surface area contributed by atoms with Crippen LogP contribution in [0.1, 0.15) is 13.8 Å². The molecule has 0 fully saturated rings. The first kappa shape index (κ1) is 14.8. The van der Waals surface area contributed by atoms with Gasteiger partial charge < -0.3 is 10.6 Å². The second-order valence-electron chi connectivity index (χ2n) is 4.02. The van der Waals surface area contributed by atoms with E-state index in [-0.39, 0.29) is 11.2 Å². The van der Waals surface area contributed by atoms with E-state index in [2.05, 4.69) is 20.8 Å². The van der Waals surface area contributed by atoms with Crippen LogP contribution in [0.3, 0.4) is 0 Å². The first-order valence-corrected chi connectivity index (χ1v) is 7.98. The van der Waals surface area contributed by atoms with E-state index >= 15 is 0 Å². The fourth-order valence-corrected chi connectivity index (χ4v) is 3.42. The van der Waals surface area contributed by atoms with Gasteiger partial charge in [-0.3, -0.25) is 4.79 Å². The molecule has 0 saturated heterocycles. The molecule has 0 aliphatic heterocycles. The molecule has 7 heteroatoms. The summed E-state index contributed by atoms with van der Waals surface area (Å²) < 4.78 is 0.780. The van der Waals surface area contributed by atoms with Crippen LogP contribution in [0, 0.1) is 0 Å². The molecule has 5 nitrogen and oxygen atoms in total. The standard InChI is InChI=1S/C13H16N4OS2/c1-3-14-11(18)9(2)19-13-17-16-12(20-13)15-10-7-5-4-6-8-10/h4-9H,3H2,1-2H3,(H,14,18)(H,15,16)/t9-/m0/s1. The Bertz CT molecular complexity index is 559. The highest BCUT2D eigenvalue weighted by Gasteiger charge is 2.16. The zero-order valence-electron chi connectivity index (χ0n) is 11.3. The van der Waals surface area contributed by atoms with Crippen LogP contribution in [-0.4, -0.2) is 27.9 Å². The molecule has 106 valence electrons. The number of nitrogens with zero attached hydrogens (tertiary/aromatic N) is 2. The van der Waals surface area contributed by atoms with E-state index in [1.54, 1.807) is 0 Å². The Kier molecular flexibility index (Phi) is 5.37. The molecule has 0 spiro atoms. The van der Waals surface area contributed by atoms with Crippen molar-refractivity contribution in [2.24, 2.45) is 0 Å². The predicted octanol–water partition coefficient (Wildman–Crippen LogP) is 2.90. The van der Waals surface area contributed by atoms with Crippen LogP contribution in [-0.2, 0) is 4.79 Å². The molecule has 1 aromatic carbocycles. The summed E-state index contributed by atoms with van der Waals surface area (Å²) in [5, 5.41) is 14.7. The lowest BCUT2D eigenvalue weighted by molar-refractivity contribution is -0.120. The van der Waals surface area contributed by atoms with Gasteiger partial charge in [0.05, 0.1) is 5.25 Å². The zero-order valence-corrected chi connectivity index (χ0v) is 12.9. The van der Waals surface area contributed by atoms with Gasteiger partial charge in [-0.15, -0.1) is 10.2 Å². The number of hydrogen-bond acceptors (Lipinski definition) is 6. The fraction of sp³-hybridized carbons (Fsp3) is 0.308. The van der Waals surface area contributed by atoms with Crippen molar-refractivity contribution >= 4 is 39.8 Å². The minimum Gasteiger partial charge on any atom is -0.355 e. The summed E-state index contributed by atoms with van der Waals surface area (Å²) in [6, 6.07) is 9.80. The lowest BCUT2D eigenvalue weighted by Gasteiger charge is -2.07. The molecule has 0 radical (unpaired) electrons. The number of benzene rings is 1. The molecule has 2 rings (SSSR count). The minimum absolute atomic E-state index is 0.0188. The van der Waals surface area contributed by atoms with Crippen molar-refractivity contribution in [3.63, 3.8) is 0 Å². The van der Waals surface area contributed by atoms with Crippen molar-refractivity contribution in [1.82, 2.24) is 15.5 Å². The molecule has 2 aromatic rings.